The quantitative estimate of drug-likeness (QED) is 0.613. The maximum Gasteiger partial charge on any atom is 0.142 e. The number of nitrogen functional groups attached to an aromatic ring is 1. The van der Waals surface area contributed by atoms with Gasteiger partial charge < -0.3 is 5.73 Å². The third-order valence-electron chi connectivity index (χ3n) is 2.02. The number of rotatable bonds is 1. The molecule has 0 fully saturated rings. The van der Waals surface area contributed by atoms with Crippen molar-refractivity contribution >= 4 is 5.82 Å². The van der Waals surface area contributed by atoms with E-state index in [1.807, 2.05) is 18.2 Å². The normalized spacial score (nSPS) is 19.5. The Morgan fingerprint density at radius 1 is 1.79 bits per heavy atom. The van der Waals surface area contributed by atoms with Crippen LogP contribution in [0.5, 0.6) is 0 Å². The third-order valence-corrected chi connectivity index (χ3v) is 2.02. The van der Waals surface area contributed by atoms with Gasteiger partial charge in [-0.15, -0.1) is 5.73 Å². The van der Waals surface area contributed by atoms with Crippen molar-refractivity contribution in [1.29, 1.82) is 5.26 Å². The highest BCUT2D eigenvalue weighted by Gasteiger charge is 2.14. The van der Waals surface area contributed by atoms with Crippen LogP contribution in [-0.2, 0) is 0 Å². The van der Waals surface area contributed by atoms with E-state index in [4.69, 9.17) is 11.0 Å². The molecule has 5 heteroatoms. The van der Waals surface area contributed by atoms with Gasteiger partial charge in [-0.3, -0.25) is 5.32 Å². The van der Waals surface area contributed by atoms with E-state index in [9.17, 15) is 0 Å². The second kappa shape index (κ2) is 3.38. The van der Waals surface area contributed by atoms with E-state index in [0.717, 1.165) is 6.54 Å². The number of nitriles is 1. The summed E-state index contributed by atoms with van der Waals surface area (Å²) in [5.74, 6) is 0.380. The highest BCUT2D eigenvalue weighted by Crippen LogP contribution is 2.15. The molecule has 1 aromatic rings. The first kappa shape index (κ1) is 8.57. The number of nitrogens with zero attached hydrogens (tertiary/aromatic N) is 3. The molecule has 0 saturated heterocycles. The second-order valence-corrected chi connectivity index (χ2v) is 2.89. The molecule has 14 heavy (non-hydrogen) atoms. The van der Waals surface area contributed by atoms with Crippen LogP contribution in [0.3, 0.4) is 0 Å². The van der Waals surface area contributed by atoms with Crippen LogP contribution >= 0.6 is 0 Å². The topological polar surface area (TPSA) is 79.7 Å². The molecule has 0 saturated carbocycles. The highest BCUT2D eigenvalue weighted by molar-refractivity contribution is 5.47. The van der Waals surface area contributed by atoms with Gasteiger partial charge in [0.1, 0.15) is 23.6 Å². The van der Waals surface area contributed by atoms with E-state index in [-0.39, 0.29) is 6.17 Å². The molecule has 1 atom stereocenters. The fraction of sp³-hybridized carbons (Fsp3) is 0.222. The average molecular weight is 187 g/mol. The molecular weight excluding hydrogens is 178 g/mol. The molecule has 0 aromatic carbocycles. The molecule has 1 aliphatic rings. The predicted molar refractivity (Wildman–Crippen MR) is 51.0 cm³/mol. The van der Waals surface area contributed by atoms with Gasteiger partial charge >= 0.3 is 0 Å². The summed E-state index contributed by atoms with van der Waals surface area (Å²) in [6, 6.07) is 1.98. The molecule has 5 nitrogen and oxygen atoms in total. The van der Waals surface area contributed by atoms with Gasteiger partial charge in [-0.05, 0) is 12.2 Å². The van der Waals surface area contributed by atoms with Crippen molar-refractivity contribution in [3.8, 4) is 6.07 Å². The largest absolute Gasteiger partial charge is 0.383 e. The van der Waals surface area contributed by atoms with Crippen LogP contribution in [0, 0.1) is 11.3 Å². The van der Waals surface area contributed by atoms with E-state index in [2.05, 4.69) is 16.1 Å². The molecule has 2 rings (SSSR count). The summed E-state index contributed by atoms with van der Waals surface area (Å²) in [5.41, 5.74) is 9.10. The maximum atomic E-state index is 8.69. The zero-order chi connectivity index (χ0) is 9.97. The van der Waals surface area contributed by atoms with Crippen LogP contribution in [0.4, 0.5) is 5.82 Å². The Kier molecular flexibility index (Phi) is 2.07. The fourth-order valence-corrected chi connectivity index (χ4v) is 1.29. The molecule has 0 amide bonds. The molecule has 0 spiro atoms. The molecule has 2 heterocycles. The summed E-state index contributed by atoms with van der Waals surface area (Å²) in [4.78, 5) is 0. The molecule has 1 aliphatic heterocycles. The first-order valence-electron chi connectivity index (χ1n) is 4.20. The summed E-state index contributed by atoms with van der Waals surface area (Å²) in [7, 11) is 0. The van der Waals surface area contributed by atoms with Gasteiger partial charge in [-0.25, -0.2) is 4.68 Å². The van der Waals surface area contributed by atoms with E-state index >= 15 is 0 Å². The zero-order valence-corrected chi connectivity index (χ0v) is 7.44. The molecule has 1 unspecified atom stereocenters. The van der Waals surface area contributed by atoms with Gasteiger partial charge in [-0.1, -0.05) is 0 Å². The Labute approximate surface area is 81.1 Å². The van der Waals surface area contributed by atoms with Gasteiger partial charge in [0.05, 0.1) is 6.20 Å². The van der Waals surface area contributed by atoms with Crippen LogP contribution < -0.4 is 11.1 Å². The summed E-state index contributed by atoms with van der Waals surface area (Å²) in [5, 5.41) is 15.9. The third kappa shape index (κ3) is 1.29. The van der Waals surface area contributed by atoms with E-state index in [1.54, 1.807) is 4.68 Å². The van der Waals surface area contributed by atoms with E-state index in [1.165, 1.54) is 6.20 Å². The number of nitrogens with one attached hydrogen (secondary N) is 1. The van der Waals surface area contributed by atoms with Gasteiger partial charge in [-0.2, -0.15) is 10.4 Å². The number of aromatic nitrogens is 2. The Morgan fingerprint density at radius 2 is 2.64 bits per heavy atom. The van der Waals surface area contributed by atoms with Crippen molar-refractivity contribution in [3.05, 3.63) is 29.6 Å². The van der Waals surface area contributed by atoms with Crippen molar-refractivity contribution in [2.75, 3.05) is 12.3 Å². The molecule has 70 valence electrons. The van der Waals surface area contributed by atoms with Crippen LogP contribution in [0.1, 0.15) is 11.7 Å². The number of hydrogen-bond acceptors (Lipinski definition) is 4. The molecule has 0 radical (unpaired) electrons. The first-order chi connectivity index (χ1) is 6.83. The summed E-state index contributed by atoms with van der Waals surface area (Å²) in [6.07, 6.45) is 5.04. The van der Waals surface area contributed by atoms with Crippen molar-refractivity contribution in [1.82, 2.24) is 15.1 Å². The van der Waals surface area contributed by atoms with Gasteiger partial charge in [0.15, 0.2) is 0 Å². The van der Waals surface area contributed by atoms with Crippen molar-refractivity contribution in [2.45, 2.75) is 6.17 Å². The minimum atomic E-state index is -0.109. The molecular formula is C9H9N5. The lowest BCUT2D eigenvalue weighted by molar-refractivity contribution is 0.463. The van der Waals surface area contributed by atoms with Crippen molar-refractivity contribution in [2.24, 2.45) is 0 Å². The predicted octanol–water partition coefficient (Wildman–Crippen LogP) is 0.150. The summed E-state index contributed by atoms with van der Waals surface area (Å²) < 4.78 is 1.57. The summed E-state index contributed by atoms with van der Waals surface area (Å²) in [6.45, 7) is 0.725. The lowest BCUT2D eigenvalue weighted by atomic mass is 10.3. The monoisotopic (exact) mass is 187 g/mol. The smallest absolute Gasteiger partial charge is 0.142 e. The Bertz CT molecular complexity index is 444. The van der Waals surface area contributed by atoms with Crippen molar-refractivity contribution in [3.63, 3.8) is 0 Å². The SMILES string of the molecule is N#Cc1cnn(C2C=C=CCN2)c1N. The molecule has 0 aliphatic carbocycles. The summed E-state index contributed by atoms with van der Waals surface area (Å²) >= 11 is 0. The lowest BCUT2D eigenvalue weighted by Gasteiger charge is -2.16. The lowest BCUT2D eigenvalue weighted by Crippen LogP contribution is -2.28. The van der Waals surface area contributed by atoms with Crippen LogP contribution in [-0.4, -0.2) is 16.3 Å². The second-order valence-electron chi connectivity index (χ2n) is 2.89. The molecule has 1 aromatic heterocycles. The van der Waals surface area contributed by atoms with Gasteiger partial charge in [0, 0.05) is 6.54 Å². The Morgan fingerprint density at radius 3 is 3.21 bits per heavy atom. The Hall–Kier alpha value is -2.02. The number of anilines is 1. The minimum absolute atomic E-state index is 0.109. The van der Waals surface area contributed by atoms with Crippen LogP contribution in [0.25, 0.3) is 0 Å². The Balaban J connectivity index is 2.38. The first-order valence-corrected chi connectivity index (χ1v) is 4.20. The molecule has 3 N–H and O–H groups in total. The minimum Gasteiger partial charge on any atom is -0.383 e. The zero-order valence-electron chi connectivity index (χ0n) is 7.44. The number of hydrogen-bond donors (Lipinski definition) is 2. The van der Waals surface area contributed by atoms with Crippen molar-refractivity contribution < 1.29 is 0 Å². The van der Waals surface area contributed by atoms with Gasteiger partial charge in [0.2, 0.25) is 0 Å². The maximum absolute atomic E-state index is 8.69. The number of nitrogens with two attached hydrogens (primary N) is 1. The highest BCUT2D eigenvalue weighted by atomic mass is 15.4. The fourth-order valence-electron chi connectivity index (χ4n) is 1.29. The van der Waals surface area contributed by atoms with Gasteiger partial charge in [0.25, 0.3) is 0 Å². The molecule has 0 bridgehead atoms. The van der Waals surface area contributed by atoms with Crippen LogP contribution in [0.2, 0.25) is 0 Å². The average Bonchev–Trinajstić information content (AvgIpc) is 2.61. The van der Waals surface area contributed by atoms with E-state index < -0.39 is 0 Å². The standard InChI is InChI=1S/C9H9N5/c10-5-7-6-13-14(9(7)11)8-3-1-2-4-12-8/h2-3,6,8,12H,4,11H2. The van der Waals surface area contributed by atoms with E-state index in [0.29, 0.717) is 11.4 Å². The van der Waals surface area contributed by atoms with Crippen LogP contribution in [0.15, 0.2) is 24.1 Å².